The van der Waals surface area contributed by atoms with Crippen LogP contribution in [0.2, 0.25) is 5.02 Å². The molecular formula is C23H26ClN3O2. The highest BCUT2D eigenvalue weighted by atomic mass is 35.5. The van der Waals surface area contributed by atoms with Crippen molar-refractivity contribution in [1.29, 1.82) is 5.26 Å². The number of hydrogen-bond donors (Lipinski definition) is 1. The second-order valence-electron chi connectivity index (χ2n) is 7.56. The largest absolute Gasteiger partial charge is 0.376 e. The van der Waals surface area contributed by atoms with Crippen molar-refractivity contribution in [2.75, 3.05) is 31.6 Å². The Labute approximate surface area is 177 Å². The van der Waals surface area contributed by atoms with Gasteiger partial charge in [-0.1, -0.05) is 29.8 Å². The molecule has 0 aromatic heterocycles. The van der Waals surface area contributed by atoms with E-state index in [4.69, 9.17) is 21.6 Å². The number of amides is 1. The van der Waals surface area contributed by atoms with Crippen molar-refractivity contribution in [2.45, 2.75) is 26.4 Å². The van der Waals surface area contributed by atoms with Gasteiger partial charge in [-0.25, -0.2) is 0 Å². The molecule has 0 atom stereocenters. The molecule has 1 amide bonds. The Morgan fingerprint density at radius 1 is 1.24 bits per heavy atom. The lowest BCUT2D eigenvalue weighted by Gasteiger charge is -2.31. The van der Waals surface area contributed by atoms with E-state index in [1.165, 1.54) is 0 Å². The zero-order chi connectivity index (χ0) is 20.6. The maximum absolute atomic E-state index is 12.3. The van der Waals surface area contributed by atoms with E-state index in [0.29, 0.717) is 29.7 Å². The Morgan fingerprint density at radius 2 is 1.97 bits per heavy atom. The lowest BCUT2D eigenvalue weighted by atomic mass is 9.98. The van der Waals surface area contributed by atoms with Crippen LogP contribution >= 0.6 is 11.6 Å². The highest BCUT2D eigenvalue weighted by Crippen LogP contribution is 2.21. The Bertz CT molecular complexity index is 869. The Kier molecular flexibility index (Phi) is 7.65. The van der Waals surface area contributed by atoms with Gasteiger partial charge in [0.25, 0.3) is 0 Å². The van der Waals surface area contributed by atoms with Gasteiger partial charge in [0.05, 0.1) is 24.8 Å². The zero-order valence-electron chi connectivity index (χ0n) is 16.7. The molecule has 1 fully saturated rings. The number of carbonyl (C=O) groups excluding carboxylic acids is 1. The van der Waals surface area contributed by atoms with E-state index in [-0.39, 0.29) is 5.91 Å². The molecule has 29 heavy (non-hydrogen) atoms. The van der Waals surface area contributed by atoms with Crippen molar-refractivity contribution in [1.82, 2.24) is 4.90 Å². The predicted molar refractivity (Wildman–Crippen MR) is 115 cm³/mol. The number of piperidine rings is 1. The summed E-state index contributed by atoms with van der Waals surface area (Å²) in [6.07, 6.45) is 2.05. The molecule has 0 saturated carbocycles. The van der Waals surface area contributed by atoms with E-state index in [9.17, 15) is 4.79 Å². The van der Waals surface area contributed by atoms with Crippen LogP contribution in [0.4, 0.5) is 5.69 Å². The third-order valence-electron chi connectivity index (χ3n) is 5.24. The summed E-state index contributed by atoms with van der Waals surface area (Å²) in [6.45, 7) is 5.41. The first-order chi connectivity index (χ1) is 14.0. The second kappa shape index (κ2) is 10.4. The van der Waals surface area contributed by atoms with Crippen molar-refractivity contribution in [3.05, 3.63) is 64.2 Å². The number of nitriles is 1. The molecule has 0 unspecified atom stereocenters. The molecule has 1 heterocycles. The van der Waals surface area contributed by atoms with E-state index in [1.54, 1.807) is 6.07 Å². The number of likely N-dealkylation sites (tertiary alicyclic amines) is 1. The summed E-state index contributed by atoms with van der Waals surface area (Å²) < 4.78 is 5.86. The number of ether oxygens (including phenoxy) is 1. The Morgan fingerprint density at radius 3 is 2.62 bits per heavy atom. The monoisotopic (exact) mass is 411 g/mol. The van der Waals surface area contributed by atoms with Gasteiger partial charge >= 0.3 is 0 Å². The molecule has 3 rings (SSSR count). The minimum atomic E-state index is -0.0135. The second-order valence-corrected chi connectivity index (χ2v) is 7.96. The van der Waals surface area contributed by atoms with Crippen LogP contribution in [0.15, 0.2) is 42.5 Å². The number of halogens is 1. The number of rotatable bonds is 7. The van der Waals surface area contributed by atoms with Crippen molar-refractivity contribution >= 4 is 23.2 Å². The van der Waals surface area contributed by atoms with Crippen LogP contribution in [0.3, 0.4) is 0 Å². The predicted octanol–water partition coefficient (Wildman–Crippen LogP) is 4.39. The molecule has 0 aliphatic carbocycles. The maximum Gasteiger partial charge on any atom is 0.238 e. The summed E-state index contributed by atoms with van der Waals surface area (Å²) in [5.41, 5.74) is 3.47. The first-order valence-electron chi connectivity index (χ1n) is 9.88. The molecule has 0 radical (unpaired) electrons. The van der Waals surface area contributed by atoms with Gasteiger partial charge < -0.3 is 10.1 Å². The number of anilines is 1. The summed E-state index contributed by atoms with van der Waals surface area (Å²) in [6, 6.07) is 15.2. The summed E-state index contributed by atoms with van der Waals surface area (Å²) in [5.74, 6) is 0.504. The van der Waals surface area contributed by atoms with Crippen molar-refractivity contribution in [2.24, 2.45) is 5.92 Å². The summed E-state index contributed by atoms with van der Waals surface area (Å²) >= 11 is 6.11. The van der Waals surface area contributed by atoms with E-state index < -0.39 is 0 Å². The van der Waals surface area contributed by atoms with Gasteiger partial charge in [-0.05, 0) is 74.2 Å². The number of hydrogen-bond acceptors (Lipinski definition) is 4. The maximum atomic E-state index is 12.3. The first-order valence-corrected chi connectivity index (χ1v) is 10.3. The normalized spacial score (nSPS) is 15.1. The van der Waals surface area contributed by atoms with Crippen molar-refractivity contribution in [3.8, 4) is 6.07 Å². The fraction of sp³-hybridized carbons (Fsp3) is 0.391. The van der Waals surface area contributed by atoms with Gasteiger partial charge in [0.1, 0.15) is 0 Å². The van der Waals surface area contributed by atoms with E-state index in [0.717, 1.165) is 49.4 Å². The van der Waals surface area contributed by atoms with Crippen molar-refractivity contribution in [3.63, 3.8) is 0 Å². The molecule has 1 saturated heterocycles. The number of carbonyl (C=O) groups is 1. The lowest BCUT2D eigenvalue weighted by Crippen LogP contribution is -2.40. The van der Waals surface area contributed by atoms with E-state index >= 15 is 0 Å². The van der Waals surface area contributed by atoms with E-state index in [1.807, 2.05) is 43.3 Å². The third-order valence-corrected chi connectivity index (χ3v) is 5.64. The molecule has 2 aromatic carbocycles. The fourth-order valence-electron chi connectivity index (χ4n) is 3.40. The van der Waals surface area contributed by atoms with Gasteiger partial charge in [-0.2, -0.15) is 5.26 Å². The molecule has 2 aromatic rings. The summed E-state index contributed by atoms with van der Waals surface area (Å²) in [4.78, 5) is 14.5. The number of nitrogens with zero attached hydrogens (tertiary/aromatic N) is 2. The molecule has 5 nitrogen and oxygen atoms in total. The van der Waals surface area contributed by atoms with Gasteiger partial charge in [0.2, 0.25) is 5.91 Å². The van der Waals surface area contributed by atoms with E-state index in [2.05, 4.69) is 16.3 Å². The molecule has 0 bridgehead atoms. The highest BCUT2D eigenvalue weighted by molar-refractivity contribution is 6.31. The zero-order valence-corrected chi connectivity index (χ0v) is 17.4. The third kappa shape index (κ3) is 6.57. The van der Waals surface area contributed by atoms with Crippen LogP contribution in [-0.2, 0) is 16.1 Å². The van der Waals surface area contributed by atoms with Gasteiger partial charge in [0.15, 0.2) is 0 Å². The lowest BCUT2D eigenvalue weighted by molar-refractivity contribution is -0.117. The van der Waals surface area contributed by atoms with Crippen LogP contribution in [0.25, 0.3) is 0 Å². The van der Waals surface area contributed by atoms with Gasteiger partial charge in [-0.3, -0.25) is 9.69 Å². The average Bonchev–Trinajstić information content (AvgIpc) is 2.72. The number of benzene rings is 2. The molecule has 1 aliphatic heterocycles. The molecule has 152 valence electrons. The number of aryl methyl sites for hydroxylation is 1. The van der Waals surface area contributed by atoms with Crippen LogP contribution < -0.4 is 5.32 Å². The molecule has 1 aliphatic rings. The SMILES string of the molecule is Cc1ccc(NC(=O)CN2CCC(COCc3ccc(C#N)cc3)CC2)cc1Cl. The van der Waals surface area contributed by atoms with Gasteiger partial charge in [-0.15, -0.1) is 0 Å². The molecule has 0 spiro atoms. The quantitative estimate of drug-likeness (QED) is 0.733. The molecule has 6 heteroatoms. The molecular weight excluding hydrogens is 386 g/mol. The van der Waals surface area contributed by atoms with Crippen molar-refractivity contribution < 1.29 is 9.53 Å². The number of nitrogens with one attached hydrogen (secondary N) is 1. The molecule has 1 N–H and O–H groups in total. The minimum absolute atomic E-state index is 0.0135. The average molecular weight is 412 g/mol. The van der Waals surface area contributed by atoms with Gasteiger partial charge in [0, 0.05) is 17.3 Å². The smallest absolute Gasteiger partial charge is 0.238 e. The van der Waals surface area contributed by atoms with Crippen LogP contribution in [0.1, 0.15) is 29.5 Å². The van der Waals surface area contributed by atoms with Crippen LogP contribution in [0, 0.1) is 24.2 Å². The fourth-order valence-corrected chi connectivity index (χ4v) is 3.58. The summed E-state index contributed by atoms with van der Waals surface area (Å²) in [5, 5.41) is 12.4. The summed E-state index contributed by atoms with van der Waals surface area (Å²) in [7, 11) is 0. The highest BCUT2D eigenvalue weighted by Gasteiger charge is 2.21. The standard InChI is InChI=1S/C23H26ClN3O2/c1-17-2-7-21(12-22(17)24)26-23(28)14-27-10-8-20(9-11-27)16-29-15-19-5-3-18(13-25)4-6-19/h2-7,12,20H,8-11,14-16H2,1H3,(H,26,28). The Balaban J connectivity index is 1.34. The minimum Gasteiger partial charge on any atom is -0.376 e. The van der Waals surface area contributed by atoms with Crippen LogP contribution in [0.5, 0.6) is 0 Å². The Hall–Kier alpha value is -2.39. The topological polar surface area (TPSA) is 65.4 Å². The first kappa shape index (κ1) is 21.3. The van der Waals surface area contributed by atoms with Crippen LogP contribution in [-0.4, -0.2) is 37.0 Å².